The zero-order chi connectivity index (χ0) is 97.3. The summed E-state index contributed by atoms with van der Waals surface area (Å²) in [6.07, 6.45) is 15.5. The largest absolute Gasteiger partial charge is 0.481 e. The maximum Gasteiger partial charge on any atom is 0.303 e. The van der Waals surface area contributed by atoms with Crippen molar-refractivity contribution in [2.75, 3.05) is 66.1 Å². The molecular weight excluding hydrogens is 1700 g/mol. The Kier molecular flexibility index (Phi) is 55.5. The topological polar surface area (TPSA) is 675 Å². The third-order valence-corrected chi connectivity index (χ3v) is 21.9. The lowest BCUT2D eigenvalue weighted by Crippen LogP contribution is -2.61. The number of primary amides is 1. The van der Waals surface area contributed by atoms with Crippen LogP contribution in [0.5, 0.6) is 0 Å². The molecular formula is C89H145N21O21. The lowest BCUT2D eigenvalue weighted by Gasteiger charge is -2.30. The molecule has 0 aliphatic carbocycles. The fraction of sp³-hybridized carbons (Fsp3) is 0.640. The third kappa shape index (κ3) is 44.6. The first-order valence-corrected chi connectivity index (χ1v) is 45.5. The second-order valence-corrected chi connectivity index (χ2v) is 32.9. The van der Waals surface area contributed by atoms with Crippen LogP contribution in [-0.4, -0.2) is 275 Å². The Morgan fingerprint density at radius 3 is 1.53 bits per heavy atom. The molecule has 1 aromatic heterocycles. The van der Waals surface area contributed by atoms with E-state index in [2.05, 4.69) is 91.3 Å². The Bertz CT molecular complexity index is 4150. The van der Waals surface area contributed by atoms with Crippen LogP contribution in [0.4, 0.5) is 0 Å². The minimum atomic E-state index is -1.79. The Morgan fingerprint density at radius 1 is 0.481 bits per heavy atom. The molecule has 42 heteroatoms. The number of aliphatic imine (C=N–C) groups is 1. The van der Waals surface area contributed by atoms with Gasteiger partial charge in [-0.2, -0.15) is 0 Å². The molecule has 15 amide bonds. The van der Waals surface area contributed by atoms with Crippen LogP contribution in [0.3, 0.4) is 0 Å². The third-order valence-electron chi connectivity index (χ3n) is 21.9. The van der Waals surface area contributed by atoms with E-state index >= 15 is 0 Å². The molecule has 1 aliphatic rings. The first-order chi connectivity index (χ1) is 62.6. The Labute approximate surface area is 765 Å². The summed E-state index contributed by atoms with van der Waals surface area (Å²) in [7, 11) is 1.68. The van der Waals surface area contributed by atoms with Crippen LogP contribution in [0.25, 0.3) is 10.9 Å². The van der Waals surface area contributed by atoms with Gasteiger partial charge in [0, 0.05) is 75.9 Å². The molecule has 0 spiro atoms. The molecule has 3 aromatic rings. The van der Waals surface area contributed by atoms with Crippen molar-refractivity contribution >= 4 is 117 Å². The van der Waals surface area contributed by atoms with E-state index in [1.54, 1.807) is 58.2 Å². The first-order valence-electron chi connectivity index (χ1n) is 45.5. The number of amides is 15. The molecule has 0 bridgehead atoms. The van der Waals surface area contributed by atoms with E-state index in [4.69, 9.17) is 22.9 Å². The number of carbonyl (C=O) groups excluding carboxylic acids is 16. The quantitative estimate of drug-likeness (QED) is 0.0168. The lowest BCUT2D eigenvalue weighted by atomic mass is 10.0. The monoisotopic (exact) mass is 1840 g/mol. The van der Waals surface area contributed by atoms with E-state index in [1.165, 1.54) is 43.9 Å². The van der Waals surface area contributed by atoms with E-state index in [1.807, 2.05) is 30.5 Å². The maximum absolute atomic E-state index is 14.0. The number of aromatic amines is 1. The normalized spacial score (nSPS) is 14.7. The summed E-state index contributed by atoms with van der Waals surface area (Å²) in [5.41, 5.74) is 24.4. The molecule has 2 heterocycles. The van der Waals surface area contributed by atoms with E-state index in [0.29, 0.717) is 82.9 Å². The molecule has 1 saturated heterocycles. The minimum Gasteiger partial charge on any atom is -0.481 e. The molecule has 2 unspecified atom stereocenters. The van der Waals surface area contributed by atoms with Crippen molar-refractivity contribution in [1.82, 2.24) is 84.3 Å². The predicted molar refractivity (Wildman–Crippen MR) is 489 cm³/mol. The summed E-state index contributed by atoms with van der Waals surface area (Å²) in [5, 5.41) is 77.1. The molecule has 27 N–H and O–H groups in total. The van der Waals surface area contributed by atoms with Gasteiger partial charge in [0.05, 0.1) is 38.4 Å². The van der Waals surface area contributed by atoms with Gasteiger partial charge in [0.1, 0.15) is 60.4 Å². The number of hydrogen-bond donors (Lipinski definition) is 23. The van der Waals surface area contributed by atoms with Crippen molar-refractivity contribution < 1.29 is 102 Å². The van der Waals surface area contributed by atoms with E-state index in [-0.39, 0.29) is 107 Å². The van der Waals surface area contributed by atoms with Gasteiger partial charge in [0.25, 0.3) is 0 Å². The second-order valence-electron chi connectivity index (χ2n) is 32.9. The highest BCUT2D eigenvalue weighted by Crippen LogP contribution is 2.23. The molecule has 12 atom stereocenters. The van der Waals surface area contributed by atoms with Gasteiger partial charge < -0.3 is 128 Å². The van der Waals surface area contributed by atoms with Gasteiger partial charge in [0.2, 0.25) is 88.6 Å². The lowest BCUT2D eigenvalue weighted by molar-refractivity contribution is -0.142. The van der Waals surface area contributed by atoms with Crippen LogP contribution >= 0.6 is 0 Å². The fourth-order valence-corrected chi connectivity index (χ4v) is 14.4. The Hall–Kier alpha value is -11.8. The number of nitrogens with two attached hydrogens (primary N) is 4. The number of carbonyl (C=O) groups is 17. The number of hydrogen-bond acceptors (Lipinski definition) is 23. The van der Waals surface area contributed by atoms with Crippen LogP contribution in [0.15, 0.2) is 65.8 Å². The standard InChI is InChI=1S/C59H99N13O16.C30H46N8O5/c1-5-7-9-10-11-12-13-14-18-27-49(78)63-33-30-50(79)62-31-20-19-25-43(68-56(86)46(35-73)65-39(4)77)53(83)71-47(36-74)57(87)67-42(24-8-6-2)52(82)69-44(28-29-51(80)81)54(84)72-48(37-75)58(88)70-45(34-40-22-16-15-17-23-40)55(85)66-41(38(3)76)26-21-32-64-59(60)61;1-18(2)26(27(32)40)37-29(42)24-12-8-14-38(24)30(43)22(11-6-7-13-31)36-25(39)17-35-28(41)23(33-3)15-19-16-34-21-10-5-4-9-20(19)21/h15-17,22-23,41-48,73-75H,5-14,18-21,24-37H2,1-4H3,(H,62,79)(H,63,78)(H,65,77)(H,66,85)(H,67,87)(H,68,86)(H,69,82)(H,70,88)(H,71,83)(H,72,84)(H,80,81)(H4,60,61,64);4-5,9-10,16,18,22-24,26,33-34H,6-8,11-15,17,31H2,1-3H3,(H2,32,40)(H,35,41)(H,36,39)(H,37,42)/t41-,42-,43?,44-,45+,46-,47-,48?;22-,23-,24-,26-/m00/s1. The summed E-state index contributed by atoms with van der Waals surface area (Å²) in [6.45, 7) is 7.82. The molecule has 2 aromatic carbocycles. The highest BCUT2D eigenvalue weighted by atomic mass is 16.4. The van der Waals surface area contributed by atoms with Gasteiger partial charge in [0.15, 0.2) is 11.7 Å². The van der Waals surface area contributed by atoms with E-state index < -0.39 is 182 Å². The fourth-order valence-electron chi connectivity index (χ4n) is 14.4. The zero-order valence-electron chi connectivity index (χ0n) is 76.9. The number of H-pyrrole nitrogens is 1. The number of aliphatic carboxylic acids is 1. The summed E-state index contributed by atoms with van der Waals surface area (Å²) in [5.74, 6) is -12.8. The SMILES string of the molecule is CCCCCCCCCCCC(=O)NCCC(=O)NCCCCC(NC(=O)[C@H](CO)NC(C)=O)C(=O)N[C@@H](CO)C(=O)N[C@@H](CCCC)C(=O)N[C@@H](CCC(=O)O)C(=O)NC(CO)C(=O)N[C@H](Cc1ccccc1)C(=O)N[C@@H](CCCN=C(N)N)C(C)=O.CN[C@@H](Cc1c[nH]c2ccccc12)C(=O)NCC(=O)N[C@@H](CCCCN)C(=O)N1CCC[C@H]1C(=O)N[C@H](C(N)=O)C(C)C. The van der Waals surface area contributed by atoms with Gasteiger partial charge in [-0.15, -0.1) is 0 Å². The molecule has 4 rings (SSSR count). The number of nitrogens with zero attached hydrogens (tertiary/aromatic N) is 2. The van der Waals surface area contributed by atoms with Crippen LogP contribution in [0.1, 0.15) is 220 Å². The molecule has 0 saturated carbocycles. The number of aromatic nitrogens is 1. The average molecular weight is 1850 g/mol. The number of likely N-dealkylation sites (N-methyl/N-ethyl adjacent to an activating group) is 1. The van der Waals surface area contributed by atoms with Crippen molar-refractivity contribution in [3.05, 3.63) is 71.9 Å². The molecule has 1 fully saturated rings. The van der Waals surface area contributed by atoms with Crippen molar-refractivity contribution in [3.8, 4) is 0 Å². The zero-order valence-corrected chi connectivity index (χ0v) is 76.9. The number of fused-ring (bicyclic) bond motifs is 1. The van der Waals surface area contributed by atoms with Crippen LogP contribution < -0.4 is 97.4 Å². The number of Topliss-reactive ketones (excluding diaryl/α,β-unsaturated/α-hetero) is 1. The van der Waals surface area contributed by atoms with Crippen molar-refractivity contribution in [2.45, 2.75) is 294 Å². The number of carboxylic acids is 1. The molecule has 131 heavy (non-hydrogen) atoms. The van der Waals surface area contributed by atoms with Gasteiger partial charge in [-0.25, -0.2) is 0 Å². The average Bonchev–Trinajstić information content (AvgIpc) is 1.69. The smallest absolute Gasteiger partial charge is 0.303 e. The van der Waals surface area contributed by atoms with Gasteiger partial charge >= 0.3 is 5.97 Å². The number of benzene rings is 2. The van der Waals surface area contributed by atoms with Crippen molar-refractivity contribution in [1.29, 1.82) is 0 Å². The molecule has 42 nitrogen and oxygen atoms in total. The summed E-state index contributed by atoms with van der Waals surface area (Å²) in [4.78, 5) is 230. The van der Waals surface area contributed by atoms with Crippen LogP contribution in [0, 0.1) is 5.92 Å². The number of aliphatic hydroxyl groups excluding tert-OH is 3. The number of unbranched alkanes of at least 4 members (excludes halogenated alkanes) is 11. The van der Waals surface area contributed by atoms with Crippen molar-refractivity contribution in [3.63, 3.8) is 0 Å². The summed E-state index contributed by atoms with van der Waals surface area (Å²) >= 11 is 0. The maximum atomic E-state index is 14.0. The molecule has 0 radical (unpaired) electrons. The summed E-state index contributed by atoms with van der Waals surface area (Å²) in [6, 6.07) is 1.06. The summed E-state index contributed by atoms with van der Waals surface area (Å²) < 4.78 is 0. The highest BCUT2D eigenvalue weighted by Gasteiger charge is 2.41. The number of aliphatic hydroxyl groups is 3. The van der Waals surface area contributed by atoms with Gasteiger partial charge in [-0.05, 0) is 134 Å². The number of rotatable bonds is 65. The number of carboxylic acid groups (broad SMARTS) is 1. The second kappa shape index (κ2) is 64.1. The number of nitrogens with one attached hydrogen (secondary N) is 15. The highest BCUT2D eigenvalue weighted by molar-refractivity contribution is 6.00. The van der Waals surface area contributed by atoms with Crippen LogP contribution in [-0.2, 0) is 94.3 Å². The van der Waals surface area contributed by atoms with Crippen LogP contribution in [0.2, 0.25) is 0 Å². The Morgan fingerprint density at radius 2 is 0.977 bits per heavy atom. The van der Waals surface area contributed by atoms with E-state index in [9.17, 15) is 102 Å². The number of ketones is 1. The number of guanidine groups is 1. The van der Waals surface area contributed by atoms with Gasteiger partial charge in [-0.1, -0.05) is 140 Å². The predicted octanol–water partition coefficient (Wildman–Crippen LogP) is -1.84. The number of likely N-dealkylation sites (tertiary alicyclic amines) is 1. The first kappa shape index (κ1) is 113. The molecule has 1 aliphatic heterocycles. The Balaban J connectivity index is 0.000000850. The van der Waals surface area contributed by atoms with Gasteiger partial charge in [-0.3, -0.25) is 86.5 Å². The van der Waals surface area contributed by atoms with Crippen molar-refractivity contribution in [2.24, 2.45) is 33.8 Å². The van der Waals surface area contributed by atoms with E-state index in [0.717, 1.165) is 49.1 Å². The minimum absolute atomic E-state index is 0.0207. The molecule has 732 valence electrons. The number of para-hydroxylation sites is 1.